The van der Waals surface area contributed by atoms with Crippen molar-refractivity contribution in [2.24, 2.45) is 0 Å². The minimum atomic E-state index is 0.0644. The molecule has 0 bridgehead atoms. The third-order valence-corrected chi connectivity index (χ3v) is 2.82. The van der Waals surface area contributed by atoms with Crippen molar-refractivity contribution in [2.75, 3.05) is 34.9 Å². The molecule has 0 fully saturated rings. The molecule has 1 rings (SSSR count). The maximum absolute atomic E-state index is 12.1. The van der Waals surface area contributed by atoms with E-state index in [4.69, 9.17) is 14.2 Å². The molecular formula is C14H21NO4. The van der Waals surface area contributed by atoms with Crippen molar-refractivity contribution in [3.05, 3.63) is 17.7 Å². The Morgan fingerprint density at radius 1 is 1.11 bits per heavy atom. The Labute approximate surface area is 113 Å². The smallest absolute Gasteiger partial charge is 0.203 e. The van der Waals surface area contributed by atoms with Crippen LogP contribution in [0.4, 0.5) is 0 Å². The van der Waals surface area contributed by atoms with E-state index in [1.54, 1.807) is 12.1 Å². The van der Waals surface area contributed by atoms with E-state index in [1.165, 1.54) is 21.3 Å². The van der Waals surface area contributed by atoms with Crippen LogP contribution in [0.3, 0.4) is 0 Å². The minimum absolute atomic E-state index is 0.0644. The fraction of sp³-hybridized carbons (Fsp3) is 0.500. The van der Waals surface area contributed by atoms with Crippen molar-refractivity contribution in [3.8, 4) is 17.2 Å². The molecule has 0 aliphatic rings. The highest BCUT2D eigenvalue weighted by atomic mass is 16.5. The first-order valence-corrected chi connectivity index (χ1v) is 6.15. The number of benzene rings is 1. The number of Topliss-reactive ketones (excluding diaryl/α,β-unsaturated/α-hetero) is 1. The van der Waals surface area contributed by atoms with E-state index < -0.39 is 0 Å². The molecule has 0 amide bonds. The van der Waals surface area contributed by atoms with Gasteiger partial charge in [0.1, 0.15) is 0 Å². The number of ether oxygens (including phenoxy) is 3. The van der Waals surface area contributed by atoms with Crippen LogP contribution in [0.1, 0.15) is 23.2 Å². The minimum Gasteiger partial charge on any atom is -0.493 e. The second-order valence-electron chi connectivity index (χ2n) is 4.04. The monoisotopic (exact) mass is 267 g/mol. The Morgan fingerprint density at radius 2 is 1.68 bits per heavy atom. The molecule has 0 aromatic heterocycles. The van der Waals surface area contributed by atoms with Crippen LogP contribution in [-0.4, -0.2) is 40.7 Å². The summed E-state index contributed by atoms with van der Waals surface area (Å²) in [6.07, 6.45) is 1.28. The molecule has 5 heteroatoms. The third kappa shape index (κ3) is 3.86. The molecule has 0 aliphatic heterocycles. The van der Waals surface area contributed by atoms with E-state index in [2.05, 4.69) is 5.32 Å². The van der Waals surface area contributed by atoms with Gasteiger partial charge in [-0.15, -0.1) is 0 Å². The summed E-state index contributed by atoms with van der Waals surface area (Å²) in [5.41, 5.74) is 0.575. The molecule has 1 aromatic rings. The van der Waals surface area contributed by atoms with Crippen LogP contribution in [0.15, 0.2) is 12.1 Å². The van der Waals surface area contributed by atoms with Gasteiger partial charge in [0.25, 0.3) is 0 Å². The van der Waals surface area contributed by atoms with E-state index >= 15 is 0 Å². The SMILES string of the molecule is CNCCCC(=O)c1cc(OC)c(OC)c(OC)c1. The van der Waals surface area contributed by atoms with Crippen LogP contribution in [0.25, 0.3) is 0 Å². The van der Waals surface area contributed by atoms with Gasteiger partial charge < -0.3 is 19.5 Å². The molecule has 1 N–H and O–H groups in total. The summed E-state index contributed by atoms with van der Waals surface area (Å²) in [5.74, 6) is 1.56. The number of carbonyl (C=O) groups excluding carboxylic acids is 1. The first-order valence-electron chi connectivity index (χ1n) is 6.15. The zero-order valence-corrected chi connectivity index (χ0v) is 11.9. The maximum atomic E-state index is 12.1. The van der Waals surface area contributed by atoms with Crippen LogP contribution >= 0.6 is 0 Å². The summed E-state index contributed by atoms with van der Waals surface area (Å²) in [5, 5.41) is 3.02. The summed E-state index contributed by atoms with van der Waals surface area (Å²) in [7, 11) is 6.47. The van der Waals surface area contributed by atoms with Gasteiger partial charge in [-0.05, 0) is 32.1 Å². The molecule has 0 unspecified atom stereocenters. The lowest BCUT2D eigenvalue weighted by atomic mass is 10.1. The molecule has 0 heterocycles. The van der Waals surface area contributed by atoms with Crippen LogP contribution in [0.2, 0.25) is 0 Å². The summed E-state index contributed by atoms with van der Waals surface area (Å²) >= 11 is 0. The fourth-order valence-electron chi connectivity index (χ4n) is 1.81. The highest BCUT2D eigenvalue weighted by molar-refractivity contribution is 5.97. The van der Waals surface area contributed by atoms with Gasteiger partial charge in [-0.3, -0.25) is 4.79 Å². The van der Waals surface area contributed by atoms with E-state index in [-0.39, 0.29) is 5.78 Å². The molecule has 0 saturated carbocycles. The van der Waals surface area contributed by atoms with Gasteiger partial charge in [-0.1, -0.05) is 0 Å². The van der Waals surface area contributed by atoms with Crippen molar-refractivity contribution in [3.63, 3.8) is 0 Å². The predicted molar refractivity (Wildman–Crippen MR) is 73.6 cm³/mol. The number of hydrogen-bond donors (Lipinski definition) is 1. The van der Waals surface area contributed by atoms with Crippen molar-refractivity contribution in [1.82, 2.24) is 5.32 Å². The molecule has 0 radical (unpaired) electrons. The van der Waals surface area contributed by atoms with E-state index in [9.17, 15) is 4.79 Å². The molecular weight excluding hydrogens is 246 g/mol. The van der Waals surface area contributed by atoms with Crippen LogP contribution in [0.5, 0.6) is 17.2 Å². The van der Waals surface area contributed by atoms with Crippen molar-refractivity contribution < 1.29 is 19.0 Å². The van der Waals surface area contributed by atoms with Gasteiger partial charge >= 0.3 is 0 Å². The number of methoxy groups -OCH3 is 3. The average molecular weight is 267 g/mol. The number of ketones is 1. The van der Waals surface area contributed by atoms with Gasteiger partial charge in [0.2, 0.25) is 5.75 Å². The Hall–Kier alpha value is -1.75. The summed E-state index contributed by atoms with van der Waals surface area (Å²) in [6, 6.07) is 3.37. The third-order valence-electron chi connectivity index (χ3n) is 2.82. The van der Waals surface area contributed by atoms with Crippen molar-refractivity contribution in [1.29, 1.82) is 0 Å². The molecule has 106 valence electrons. The van der Waals surface area contributed by atoms with Gasteiger partial charge in [0.05, 0.1) is 21.3 Å². The highest BCUT2D eigenvalue weighted by Crippen LogP contribution is 2.38. The molecule has 0 saturated heterocycles. The fourth-order valence-corrected chi connectivity index (χ4v) is 1.81. The lowest BCUT2D eigenvalue weighted by Gasteiger charge is -2.13. The zero-order chi connectivity index (χ0) is 14.3. The van der Waals surface area contributed by atoms with Crippen LogP contribution < -0.4 is 19.5 Å². The number of carbonyl (C=O) groups is 1. The van der Waals surface area contributed by atoms with E-state index in [0.29, 0.717) is 29.2 Å². The van der Waals surface area contributed by atoms with Gasteiger partial charge in [-0.2, -0.15) is 0 Å². The quantitative estimate of drug-likeness (QED) is 0.576. The summed E-state index contributed by atoms with van der Waals surface area (Å²) in [6.45, 7) is 0.816. The first kappa shape index (κ1) is 15.3. The zero-order valence-electron chi connectivity index (χ0n) is 11.9. The first-order chi connectivity index (χ1) is 9.17. The molecule has 0 spiro atoms. The maximum Gasteiger partial charge on any atom is 0.203 e. The van der Waals surface area contributed by atoms with Crippen LogP contribution in [-0.2, 0) is 0 Å². The van der Waals surface area contributed by atoms with Crippen molar-refractivity contribution in [2.45, 2.75) is 12.8 Å². The lowest BCUT2D eigenvalue weighted by Crippen LogP contribution is -2.10. The topological polar surface area (TPSA) is 56.8 Å². The number of nitrogens with one attached hydrogen (secondary N) is 1. The standard InChI is InChI=1S/C14H21NO4/c1-15-7-5-6-11(16)10-8-12(17-2)14(19-4)13(9-10)18-3/h8-9,15H,5-7H2,1-4H3. The summed E-state index contributed by atoms with van der Waals surface area (Å²) < 4.78 is 15.7. The van der Waals surface area contributed by atoms with Gasteiger partial charge in [0, 0.05) is 12.0 Å². The molecule has 5 nitrogen and oxygen atoms in total. The second kappa shape index (κ2) is 7.63. The average Bonchev–Trinajstić information content (AvgIpc) is 2.45. The number of hydrogen-bond acceptors (Lipinski definition) is 5. The Balaban J connectivity index is 2.98. The normalized spacial score (nSPS) is 10.1. The Bertz CT molecular complexity index is 406. The predicted octanol–water partition coefficient (Wildman–Crippen LogP) is 1.89. The lowest BCUT2D eigenvalue weighted by molar-refractivity contribution is 0.0979. The van der Waals surface area contributed by atoms with E-state index in [1.807, 2.05) is 7.05 Å². The Kier molecular flexibility index (Phi) is 6.15. The van der Waals surface area contributed by atoms with Crippen LogP contribution in [0, 0.1) is 0 Å². The second-order valence-corrected chi connectivity index (χ2v) is 4.04. The molecule has 0 aliphatic carbocycles. The van der Waals surface area contributed by atoms with E-state index in [0.717, 1.165) is 13.0 Å². The largest absolute Gasteiger partial charge is 0.493 e. The molecule has 0 atom stereocenters. The van der Waals surface area contributed by atoms with Gasteiger partial charge in [-0.25, -0.2) is 0 Å². The van der Waals surface area contributed by atoms with Crippen molar-refractivity contribution >= 4 is 5.78 Å². The summed E-state index contributed by atoms with van der Waals surface area (Å²) in [4.78, 5) is 12.1. The molecule has 1 aromatic carbocycles. The molecule has 19 heavy (non-hydrogen) atoms. The Morgan fingerprint density at radius 3 is 2.11 bits per heavy atom. The highest BCUT2D eigenvalue weighted by Gasteiger charge is 2.16. The van der Waals surface area contributed by atoms with Gasteiger partial charge in [0.15, 0.2) is 17.3 Å². The number of rotatable bonds is 8.